The van der Waals surface area contributed by atoms with Crippen LogP contribution in [0.5, 0.6) is 0 Å². The SMILES string of the molecule is CCC1C(c2ccccc2)=NC(c2cc3c4ccccc4n4c5ccccc5c(c2-c2ccc5c(c2)C(C)(C)c2ccccc2-5)c34)=NC1c1ccccc1. The third-order valence-electron chi connectivity index (χ3n) is 12.4. The van der Waals surface area contributed by atoms with Crippen molar-refractivity contribution in [2.24, 2.45) is 15.9 Å². The molecular weight excluding hydrogens is 655 g/mol. The lowest BCUT2D eigenvalue weighted by atomic mass is 9.80. The molecule has 3 heteroatoms. The first-order valence-electron chi connectivity index (χ1n) is 19.2. The molecule has 2 aliphatic rings. The van der Waals surface area contributed by atoms with E-state index in [0.717, 1.165) is 29.1 Å². The summed E-state index contributed by atoms with van der Waals surface area (Å²) in [7, 11) is 0. The Morgan fingerprint density at radius 1 is 0.574 bits per heavy atom. The predicted octanol–water partition coefficient (Wildman–Crippen LogP) is 12.8. The van der Waals surface area contributed by atoms with Gasteiger partial charge in [-0.2, -0.15) is 0 Å². The van der Waals surface area contributed by atoms with Crippen LogP contribution in [0, 0.1) is 5.92 Å². The summed E-state index contributed by atoms with van der Waals surface area (Å²) in [6.45, 7) is 7.01. The molecule has 2 unspecified atom stereocenters. The fourth-order valence-corrected chi connectivity index (χ4v) is 9.84. The standard InChI is InChI=1S/C51H39N3/c1-4-34-47(31-17-7-5-8-18-31)52-50(53-48(34)32-19-9-6-10-20-32)40-30-39-37-22-12-15-25-43(37)54-44-26-16-13-23-38(44)46(49(39)54)45(40)33-27-28-36-35-21-11-14-24-41(35)51(2,3)42(36)29-33/h5-30,34,47H,4H2,1-3H3. The zero-order valence-electron chi connectivity index (χ0n) is 30.7. The van der Waals surface area contributed by atoms with E-state index < -0.39 is 0 Å². The van der Waals surface area contributed by atoms with Crippen LogP contribution in [0.3, 0.4) is 0 Å². The van der Waals surface area contributed by atoms with Gasteiger partial charge in [-0.3, -0.25) is 4.99 Å². The van der Waals surface area contributed by atoms with Crippen LogP contribution in [-0.2, 0) is 5.41 Å². The molecular formula is C51H39N3. The highest BCUT2D eigenvalue weighted by Gasteiger charge is 2.37. The van der Waals surface area contributed by atoms with Crippen LogP contribution in [0.15, 0.2) is 168 Å². The van der Waals surface area contributed by atoms with E-state index in [-0.39, 0.29) is 17.4 Å². The molecule has 9 aromatic rings. The molecule has 0 saturated heterocycles. The number of aromatic nitrogens is 1. The fraction of sp³-hybridized carbons (Fsp3) is 0.137. The molecule has 258 valence electrons. The van der Waals surface area contributed by atoms with Crippen molar-refractivity contribution in [1.82, 2.24) is 4.40 Å². The predicted molar refractivity (Wildman–Crippen MR) is 227 cm³/mol. The molecule has 0 radical (unpaired) electrons. The van der Waals surface area contributed by atoms with Crippen LogP contribution in [0.4, 0.5) is 0 Å². The molecule has 11 rings (SSSR count). The van der Waals surface area contributed by atoms with Crippen LogP contribution in [0.2, 0.25) is 0 Å². The van der Waals surface area contributed by atoms with Crippen molar-refractivity contribution in [1.29, 1.82) is 0 Å². The largest absolute Gasteiger partial charge is 0.308 e. The molecule has 1 aliphatic heterocycles. The highest BCUT2D eigenvalue weighted by molar-refractivity contribution is 6.31. The van der Waals surface area contributed by atoms with Gasteiger partial charge in [0.15, 0.2) is 5.84 Å². The van der Waals surface area contributed by atoms with Gasteiger partial charge in [0.1, 0.15) is 0 Å². The van der Waals surface area contributed by atoms with Gasteiger partial charge in [0, 0.05) is 44.0 Å². The molecule has 0 bridgehead atoms. The summed E-state index contributed by atoms with van der Waals surface area (Å²) in [5.41, 5.74) is 15.9. The van der Waals surface area contributed by atoms with Crippen molar-refractivity contribution in [3.8, 4) is 22.3 Å². The Hall–Kier alpha value is -6.32. The third kappa shape index (κ3) is 4.30. The Morgan fingerprint density at radius 2 is 1.22 bits per heavy atom. The Morgan fingerprint density at radius 3 is 2.00 bits per heavy atom. The Labute approximate surface area is 315 Å². The summed E-state index contributed by atoms with van der Waals surface area (Å²) in [4.78, 5) is 11.4. The van der Waals surface area contributed by atoms with Crippen LogP contribution in [-0.4, -0.2) is 15.9 Å². The van der Waals surface area contributed by atoms with Gasteiger partial charge in [-0.15, -0.1) is 0 Å². The molecule has 0 N–H and O–H groups in total. The Bertz CT molecular complexity index is 3000. The maximum Gasteiger partial charge on any atom is 0.156 e. The topological polar surface area (TPSA) is 29.1 Å². The number of nitrogens with zero attached hydrogens (tertiary/aromatic N) is 3. The number of rotatable bonds is 5. The lowest BCUT2D eigenvalue weighted by Crippen LogP contribution is -2.28. The molecule has 7 aromatic carbocycles. The minimum Gasteiger partial charge on any atom is -0.308 e. The number of para-hydroxylation sites is 2. The number of amidine groups is 1. The average Bonchev–Trinajstić information content (AvgIpc) is 3.83. The van der Waals surface area contributed by atoms with Crippen molar-refractivity contribution in [3.05, 3.63) is 186 Å². The van der Waals surface area contributed by atoms with E-state index in [4.69, 9.17) is 9.98 Å². The molecule has 3 heterocycles. The van der Waals surface area contributed by atoms with Crippen molar-refractivity contribution in [2.45, 2.75) is 38.6 Å². The molecule has 1 aliphatic carbocycles. The monoisotopic (exact) mass is 693 g/mol. The van der Waals surface area contributed by atoms with Crippen molar-refractivity contribution in [2.75, 3.05) is 0 Å². The van der Waals surface area contributed by atoms with Gasteiger partial charge in [-0.25, -0.2) is 4.99 Å². The van der Waals surface area contributed by atoms with E-state index in [2.05, 4.69) is 183 Å². The Kier molecular flexibility index (Phi) is 6.70. The van der Waals surface area contributed by atoms with Crippen LogP contribution < -0.4 is 0 Å². The number of benzene rings is 7. The molecule has 0 saturated carbocycles. The second-order valence-corrected chi connectivity index (χ2v) is 15.6. The summed E-state index contributed by atoms with van der Waals surface area (Å²) in [6.07, 6.45) is 0.933. The highest BCUT2D eigenvalue weighted by Crippen LogP contribution is 2.52. The van der Waals surface area contributed by atoms with E-state index in [9.17, 15) is 0 Å². The maximum atomic E-state index is 5.71. The molecule has 0 spiro atoms. The lowest BCUT2D eigenvalue weighted by Gasteiger charge is -2.30. The molecule has 2 aromatic heterocycles. The van der Waals surface area contributed by atoms with E-state index in [1.807, 2.05) is 0 Å². The normalized spacial score (nSPS) is 17.6. The zero-order valence-corrected chi connectivity index (χ0v) is 30.7. The number of hydrogen-bond acceptors (Lipinski definition) is 2. The summed E-state index contributed by atoms with van der Waals surface area (Å²) in [5, 5.41) is 4.99. The van der Waals surface area contributed by atoms with Crippen molar-refractivity contribution in [3.63, 3.8) is 0 Å². The van der Waals surface area contributed by atoms with Crippen molar-refractivity contribution < 1.29 is 0 Å². The van der Waals surface area contributed by atoms with Gasteiger partial charge in [0.2, 0.25) is 0 Å². The molecule has 0 fully saturated rings. The molecule has 54 heavy (non-hydrogen) atoms. The van der Waals surface area contributed by atoms with Gasteiger partial charge in [0.25, 0.3) is 0 Å². The number of hydrogen-bond donors (Lipinski definition) is 0. The lowest BCUT2D eigenvalue weighted by molar-refractivity contribution is 0.532. The summed E-state index contributed by atoms with van der Waals surface area (Å²) < 4.78 is 2.48. The number of aliphatic imine (C=N–C) groups is 2. The van der Waals surface area contributed by atoms with Gasteiger partial charge in [-0.05, 0) is 69.6 Å². The first-order valence-corrected chi connectivity index (χ1v) is 19.2. The highest BCUT2D eigenvalue weighted by atomic mass is 15.0. The van der Waals surface area contributed by atoms with Crippen LogP contribution in [0.25, 0.3) is 60.3 Å². The van der Waals surface area contributed by atoms with E-state index in [0.29, 0.717) is 0 Å². The van der Waals surface area contributed by atoms with Gasteiger partial charge in [-0.1, -0.05) is 154 Å². The van der Waals surface area contributed by atoms with Crippen LogP contribution in [0.1, 0.15) is 61.1 Å². The Balaban J connectivity index is 1.28. The first-order chi connectivity index (χ1) is 26.5. The molecule has 3 nitrogen and oxygen atoms in total. The van der Waals surface area contributed by atoms with Crippen LogP contribution >= 0.6 is 0 Å². The average molecular weight is 694 g/mol. The van der Waals surface area contributed by atoms with E-state index in [1.54, 1.807) is 0 Å². The van der Waals surface area contributed by atoms with Gasteiger partial charge < -0.3 is 4.40 Å². The quantitative estimate of drug-likeness (QED) is 0.172. The first kappa shape index (κ1) is 31.2. The second kappa shape index (κ2) is 11.6. The minimum absolute atomic E-state index is 0.0712. The molecule has 0 amide bonds. The van der Waals surface area contributed by atoms with E-state index >= 15 is 0 Å². The summed E-state index contributed by atoms with van der Waals surface area (Å²) in [5.74, 6) is 0.938. The van der Waals surface area contributed by atoms with E-state index in [1.165, 1.54) is 77.0 Å². The second-order valence-electron chi connectivity index (χ2n) is 15.6. The molecule has 2 atom stereocenters. The third-order valence-corrected chi connectivity index (χ3v) is 12.4. The smallest absolute Gasteiger partial charge is 0.156 e. The minimum atomic E-state index is -0.132. The van der Waals surface area contributed by atoms with Crippen molar-refractivity contribution >= 4 is 49.6 Å². The summed E-state index contributed by atoms with van der Waals surface area (Å²) >= 11 is 0. The van der Waals surface area contributed by atoms with Gasteiger partial charge >= 0.3 is 0 Å². The number of fused-ring (bicyclic) bond motifs is 9. The zero-order chi connectivity index (χ0) is 36.1. The maximum absolute atomic E-state index is 5.71. The van der Waals surface area contributed by atoms with Gasteiger partial charge in [0.05, 0.1) is 28.3 Å². The summed E-state index contributed by atoms with van der Waals surface area (Å²) in [6, 6.07) is 57.8. The fourth-order valence-electron chi connectivity index (χ4n) is 9.84.